The summed E-state index contributed by atoms with van der Waals surface area (Å²) in [4.78, 5) is 18.7. The average molecular weight is 303 g/mol. The number of hydrogen-bond acceptors (Lipinski definition) is 5. The molecule has 22 heavy (non-hydrogen) atoms. The van der Waals surface area contributed by atoms with Crippen LogP contribution >= 0.6 is 0 Å². The second kappa shape index (κ2) is 6.34. The summed E-state index contributed by atoms with van der Waals surface area (Å²) < 4.78 is 10.6. The summed E-state index contributed by atoms with van der Waals surface area (Å²) in [6.07, 6.45) is 4.39. The summed E-state index contributed by atoms with van der Waals surface area (Å²) in [7, 11) is 0. The zero-order chi connectivity index (χ0) is 15.5. The Balaban J connectivity index is 1.70. The van der Waals surface area contributed by atoms with Crippen LogP contribution in [0.1, 0.15) is 67.2 Å². The van der Waals surface area contributed by atoms with Crippen LogP contribution in [0.5, 0.6) is 0 Å². The Hall–Kier alpha value is -2.11. The number of carbonyl (C=O) groups excluding carboxylic acids is 1. The van der Waals surface area contributed by atoms with E-state index in [1.165, 1.54) is 6.26 Å². The van der Waals surface area contributed by atoms with Gasteiger partial charge in [0, 0.05) is 19.0 Å². The minimum atomic E-state index is -0.0728. The fourth-order valence-electron chi connectivity index (χ4n) is 2.72. The normalized spacial score (nSPS) is 20.1. The summed E-state index contributed by atoms with van der Waals surface area (Å²) in [5.41, 5.74) is 0. The van der Waals surface area contributed by atoms with Crippen LogP contribution in [-0.4, -0.2) is 34.0 Å². The van der Waals surface area contributed by atoms with Crippen LogP contribution in [0.25, 0.3) is 0 Å². The van der Waals surface area contributed by atoms with Crippen LogP contribution in [-0.2, 0) is 0 Å². The van der Waals surface area contributed by atoms with Crippen molar-refractivity contribution in [3.05, 3.63) is 35.9 Å². The minimum Gasteiger partial charge on any atom is -0.459 e. The summed E-state index contributed by atoms with van der Waals surface area (Å²) >= 11 is 0. The Morgan fingerprint density at radius 1 is 1.55 bits per heavy atom. The molecule has 0 radical (unpaired) electrons. The number of amides is 1. The molecule has 2 atom stereocenters. The molecule has 0 spiro atoms. The van der Waals surface area contributed by atoms with Gasteiger partial charge in [0.25, 0.3) is 5.91 Å². The molecular weight excluding hydrogens is 282 g/mol. The summed E-state index contributed by atoms with van der Waals surface area (Å²) in [6, 6.07) is 3.42. The fraction of sp³-hybridized carbons (Fsp3) is 0.562. The number of carbonyl (C=O) groups is 1. The Bertz CT molecular complexity index is 620. The third-order valence-electron chi connectivity index (χ3n) is 4.30. The first kappa shape index (κ1) is 14.8. The van der Waals surface area contributed by atoms with Gasteiger partial charge in [0.15, 0.2) is 11.6 Å². The molecule has 2 aromatic rings. The maximum absolute atomic E-state index is 12.4. The summed E-state index contributed by atoms with van der Waals surface area (Å²) in [5.74, 6) is 2.11. The molecule has 3 rings (SSSR count). The van der Waals surface area contributed by atoms with Crippen molar-refractivity contribution < 1.29 is 13.7 Å². The van der Waals surface area contributed by atoms with Gasteiger partial charge < -0.3 is 13.8 Å². The van der Waals surface area contributed by atoms with E-state index in [1.807, 2.05) is 0 Å². The molecule has 1 saturated heterocycles. The number of aromatic nitrogens is 2. The first-order chi connectivity index (χ1) is 10.7. The SMILES string of the molecule is CC[C@@H](C)c1noc([C@H]2CCCN(C(=O)c3ccco3)C2)n1. The molecule has 1 fully saturated rings. The Morgan fingerprint density at radius 3 is 3.14 bits per heavy atom. The molecule has 0 aromatic carbocycles. The highest BCUT2D eigenvalue weighted by Gasteiger charge is 2.30. The lowest BCUT2D eigenvalue weighted by atomic mass is 9.97. The lowest BCUT2D eigenvalue weighted by Gasteiger charge is -2.30. The van der Waals surface area contributed by atoms with E-state index in [4.69, 9.17) is 8.94 Å². The zero-order valence-corrected chi connectivity index (χ0v) is 13.0. The molecule has 0 unspecified atom stereocenters. The molecule has 1 aliphatic heterocycles. The Morgan fingerprint density at radius 2 is 2.41 bits per heavy atom. The van der Waals surface area contributed by atoms with Crippen LogP contribution in [0, 0.1) is 0 Å². The van der Waals surface area contributed by atoms with Crippen molar-refractivity contribution in [3.63, 3.8) is 0 Å². The van der Waals surface area contributed by atoms with Crippen LogP contribution in [0.4, 0.5) is 0 Å². The second-order valence-electron chi connectivity index (χ2n) is 5.87. The van der Waals surface area contributed by atoms with E-state index in [0.717, 1.165) is 31.6 Å². The van der Waals surface area contributed by atoms with E-state index < -0.39 is 0 Å². The minimum absolute atomic E-state index is 0.0728. The van der Waals surface area contributed by atoms with Gasteiger partial charge in [-0.3, -0.25) is 4.79 Å². The third-order valence-corrected chi connectivity index (χ3v) is 4.30. The van der Waals surface area contributed by atoms with Gasteiger partial charge in [0.05, 0.1) is 12.2 Å². The molecule has 0 N–H and O–H groups in total. The molecule has 3 heterocycles. The van der Waals surface area contributed by atoms with Gasteiger partial charge in [-0.15, -0.1) is 0 Å². The quantitative estimate of drug-likeness (QED) is 0.867. The van der Waals surface area contributed by atoms with Crippen molar-refractivity contribution in [2.45, 2.75) is 44.9 Å². The first-order valence-electron chi connectivity index (χ1n) is 7.85. The topological polar surface area (TPSA) is 72.4 Å². The maximum atomic E-state index is 12.4. The molecular formula is C16H21N3O3. The number of nitrogens with zero attached hydrogens (tertiary/aromatic N) is 3. The standard InChI is InChI=1S/C16H21N3O3/c1-3-11(2)14-17-15(22-18-14)12-6-4-8-19(10-12)16(20)13-7-5-9-21-13/h5,7,9,11-12H,3-4,6,8,10H2,1-2H3/t11-,12+/m1/s1. The van der Waals surface area contributed by atoms with Crippen LogP contribution < -0.4 is 0 Å². The molecule has 0 saturated carbocycles. The fourth-order valence-corrected chi connectivity index (χ4v) is 2.72. The highest BCUT2D eigenvalue weighted by Crippen LogP contribution is 2.28. The van der Waals surface area contributed by atoms with Gasteiger partial charge in [-0.05, 0) is 31.4 Å². The van der Waals surface area contributed by atoms with Gasteiger partial charge >= 0.3 is 0 Å². The lowest BCUT2D eigenvalue weighted by molar-refractivity contribution is 0.0663. The van der Waals surface area contributed by atoms with Crippen molar-refractivity contribution in [1.82, 2.24) is 15.0 Å². The largest absolute Gasteiger partial charge is 0.459 e. The molecule has 2 aromatic heterocycles. The second-order valence-corrected chi connectivity index (χ2v) is 5.87. The smallest absolute Gasteiger partial charge is 0.289 e. The van der Waals surface area contributed by atoms with Gasteiger partial charge in [-0.25, -0.2) is 0 Å². The van der Waals surface area contributed by atoms with E-state index in [9.17, 15) is 4.79 Å². The number of likely N-dealkylation sites (tertiary alicyclic amines) is 1. The summed E-state index contributed by atoms with van der Waals surface area (Å²) in [6.45, 7) is 5.53. The highest BCUT2D eigenvalue weighted by molar-refractivity contribution is 5.91. The monoisotopic (exact) mass is 303 g/mol. The van der Waals surface area contributed by atoms with Gasteiger partial charge in [-0.1, -0.05) is 19.0 Å². The van der Waals surface area contributed by atoms with Crippen molar-refractivity contribution >= 4 is 5.91 Å². The van der Waals surface area contributed by atoms with E-state index in [-0.39, 0.29) is 11.8 Å². The highest BCUT2D eigenvalue weighted by atomic mass is 16.5. The van der Waals surface area contributed by atoms with Crippen molar-refractivity contribution in [2.24, 2.45) is 0 Å². The van der Waals surface area contributed by atoms with E-state index in [0.29, 0.717) is 24.1 Å². The predicted octanol–water partition coefficient (Wildman–Crippen LogP) is 3.20. The number of hydrogen-bond donors (Lipinski definition) is 0. The lowest BCUT2D eigenvalue weighted by Crippen LogP contribution is -2.39. The number of furan rings is 1. The molecule has 0 aliphatic carbocycles. The molecule has 1 amide bonds. The number of rotatable bonds is 4. The van der Waals surface area contributed by atoms with E-state index in [2.05, 4.69) is 24.0 Å². The van der Waals surface area contributed by atoms with Gasteiger partial charge in [0.1, 0.15) is 0 Å². The van der Waals surface area contributed by atoms with Crippen LogP contribution in [0.15, 0.2) is 27.3 Å². The molecule has 6 heteroatoms. The van der Waals surface area contributed by atoms with Gasteiger partial charge in [0.2, 0.25) is 5.89 Å². The molecule has 0 bridgehead atoms. The average Bonchev–Trinajstić information content (AvgIpc) is 3.25. The van der Waals surface area contributed by atoms with Crippen molar-refractivity contribution in [1.29, 1.82) is 0 Å². The van der Waals surface area contributed by atoms with E-state index in [1.54, 1.807) is 17.0 Å². The van der Waals surface area contributed by atoms with E-state index >= 15 is 0 Å². The Kier molecular flexibility index (Phi) is 4.27. The van der Waals surface area contributed by atoms with Crippen molar-refractivity contribution in [3.8, 4) is 0 Å². The molecule has 1 aliphatic rings. The number of piperidine rings is 1. The van der Waals surface area contributed by atoms with Crippen molar-refractivity contribution in [2.75, 3.05) is 13.1 Å². The first-order valence-corrected chi connectivity index (χ1v) is 7.85. The zero-order valence-electron chi connectivity index (χ0n) is 13.0. The predicted molar refractivity (Wildman–Crippen MR) is 79.6 cm³/mol. The van der Waals surface area contributed by atoms with Crippen LogP contribution in [0.2, 0.25) is 0 Å². The maximum Gasteiger partial charge on any atom is 0.289 e. The summed E-state index contributed by atoms with van der Waals surface area (Å²) in [5, 5.41) is 4.07. The Labute approximate surface area is 129 Å². The third kappa shape index (κ3) is 2.91. The van der Waals surface area contributed by atoms with Crippen LogP contribution in [0.3, 0.4) is 0 Å². The molecule has 118 valence electrons. The van der Waals surface area contributed by atoms with Gasteiger partial charge in [-0.2, -0.15) is 4.98 Å². The molecule has 6 nitrogen and oxygen atoms in total.